The van der Waals surface area contributed by atoms with Crippen LogP contribution in [0.15, 0.2) is 18.2 Å². The molecule has 2 N–H and O–H groups in total. The molecule has 3 rings (SSSR count). The molecule has 0 aromatic heterocycles. The van der Waals surface area contributed by atoms with Crippen LogP contribution in [-0.2, 0) is 6.42 Å². The number of nitrogens with zero attached hydrogens (tertiary/aromatic N) is 1. The van der Waals surface area contributed by atoms with Gasteiger partial charge in [0.1, 0.15) is 5.82 Å². The Hall–Kier alpha value is -0.970. The Morgan fingerprint density at radius 3 is 3.05 bits per heavy atom. The Bertz CT molecular complexity index is 494. The summed E-state index contributed by atoms with van der Waals surface area (Å²) in [5, 5.41) is 12.9. The van der Waals surface area contributed by atoms with E-state index in [9.17, 15) is 9.50 Å². The van der Waals surface area contributed by atoms with Gasteiger partial charge in [-0.25, -0.2) is 4.39 Å². The summed E-state index contributed by atoms with van der Waals surface area (Å²) < 4.78 is 13.4. The number of rotatable bonds is 7. The number of likely N-dealkylation sites (tertiary alicyclic amines) is 1. The van der Waals surface area contributed by atoms with Crippen molar-refractivity contribution < 1.29 is 9.50 Å². The van der Waals surface area contributed by atoms with Crippen LogP contribution in [0.3, 0.4) is 0 Å². The minimum atomic E-state index is -0.128. The Kier molecular flexibility index (Phi) is 5.45. The van der Waals surface area contributed by atoms with Gasteiger partial charge < -0.3 is 10.4 Å². The van der Waals surface area contributed by atoms with E-state index in [4.69, 9.17) is 0 Å². The zero-order chi connectivity index (χ0) is 15.4. The van der Waals surface area contributed by atoms with Crippen molar-refractivity contribution in [2.24, 2.45) is 0 Å². The third-order valence-electron chi connectivity index (χ3n) is 5.16. The van der Waals surface area contributed by atoms with Gasteiger partial charge in [-0.3, -0.25) is 4.90 Å². The van der Waals surface area contributed by atoms with Crippen molar-refractivity contribution in [3.8, 4) is 0 Å². The van der Waals surface area contributed by atoms with Gasteiger partial charge in [0, 0.05) is 12.1 Å². The van der Waals surface area contributed by atoms with Gasteiger partial charge in [0.25, 0.3) is 0 Å². The first-order valence-electron chi connectivity index (χ1n) is 8.64. The molecule has 1 aliphatic heterocycles. The highest BCUT2D eigenvalue weighted by atomic mass is 19.1. The zero-order valence-electron chi connectivity index (χ0n) is 13.2. The second-order valence-electron chi connectivity index (χ2n) is 6.61. The lowest BCUT2D eigenvalue weighted by molar-refractivity contribution is 0.157. The molecule has 22 heavy (non-hydrogen) atoms. The standard InChI is InChI=1S/C18H27FN2O/c19-15-7-5-14-6-8-18(17(14)12-15)20-9-1-2-10-21-11-3-4-16(21)13-22/h5,7,12,16,18,20,22H,1-4,6,8-11,13H2. The number of aliphatic hydroxyl groups excluding tert-OH is 1. The summed E-state index contributed by atoms with van der Waals surface area (Å²) in [6.07, 6.45) is 6.78. The van der Waals surface area contributed by atoms with E-state index in [0.29, 0.717) is 18.7 Å². The van der Waals surface area contributed by atoms with Crippen LogP contribution in [0, 0.1) is 5.82 Å². The molecule has 0 spiro atoms. The quantitative estimate of drug-likeness (QED) is 0.760. The van der Waals surface area contributed by atoms with E-state index in [1.165, 1.54) is 12.0 Å². The first-order chi connectivity index (χ1) is 10.8. The molecule has 0 bridgehead atoms. The van der Waals surface area contributed by atoms with Crippen molar-refractivity contribution in [3.05, 3.63) is 35.1 Å². The molecule has 4 heteroatoms. The predicted octanol–water partition coefficient (Wildman–Crippen LogP) is 2.64. The van der Waals surface area contributed by atoms with Crippen molar-refractivity contribution in [1.29, 1.82) is 0 Å². The highest BCUT2D eigenvalue weighted by Gasteiger charge is 2.23. The summed E-state index contributed by atoms with van der Waals surface area (Å²) in [4.78, 5) is 2.42. The summed E-state index contributed by atoms with van der Waals surface area (Å²) in [6.45, 7) is 3.50. The summed E-state index contributed by atoms with van der Waals surface area (Å²) in [5.74, 6) is -0.128. The smallest absolute Gasteiger partial charge is 0.123 e. The van der Waals surface area contributed by atoms with E-state index in [-0.39, 0.29) is 5.82 Å². The average Bonchev–Trinajstić information content (AvgIpc) is 3.13. The number of aryl methyl sites for hydroxylation is 1. The van der Waals surface area contributed by atoms with E-state index in [2.05, 4.69) is 10.2 Å². The van der Waals surface area contributed by atoms with Crippen molar-refractivity contribution >= 4 is 0 Å². The maximum absolute atomic E-state index is 13.4. The largest absolute Gasteiger partial charge is 0.395 e. The molecule has 1 heterocycles. The molecule has 2 aliphatic rings. The lowest BCUT2D eigenvalue weighted by Crippen LogP contribution is -2.33. The second-order valence-corrected chi connectivity index (χ2v) is 6.61. The van der Waals surface area contributed by atoms with Crippen LogP contribution in [0.2, 0.25) is 0 Å². The van der Waals surface area contributed by atoms with Crippen LogP contribution in [0.5, 0.6) is 0 Å². The van der Waals surface area contributed by atoms with Gasteiger partial charge in [-0.2, -0.15) is 0 Å². The Morgan fingerprint density at radius 2 is 2.18 bits per heavy atom. The normalized spacial score (nSPS) is 24.8. The van der Waals surface area contributed by atoms with E-state index < -0.39 is 0 Å². The monoisotopic (exact) mass is 306 g/mol. The molecule has 2 atom stereocenters. The number of hydrogen-bond donors (Lipinski definition) is 2. The number of aliphatic hydroxyl groups is 1. The van der Waals surface area contributed by atoms with Crippen molar-refractivity contribution in [2.45, 2.75) is 50.6 Å². The SMILES string of the molecule is OCC1CCCN1CCCCNC1CCc2ccc(F)cc21. The topological polar surface area (TPSA) is 35.5 Å². The summed E-state index contributed by atoms with van der Waals surface area (Å²) in [7, 11) is 0. The summed E-state index contributed by atoms with van der Waals surface area (Å²) in [6, 6.07) is 5.89. The highest BCUT2D eigenvalue weighted by molar-refractivity contribution is 5.34. The number of unbranched alkanes of at least 4 members (excludes halogenated alkanes) is 1. The van der Waals surface area contributed by atoms with E-state index in [1.807, 2.05) is 6.07 Å². The number of nitrogens with one attached hydrogen (secondary N) is 1. The zero-order valence-corrected chi connectivity index (χ0v) is 13.2. The molecule has 1 aliphatic carbocycles. The second kappa shape index (κ2) is 7.53. The third-order valence-corrected chi connectivity index (χ3v) is 5.16. The molecular weight excluding hydrogens is 279 g/mol. The number of fused-ring (bicyclic) bond motifs is 1. The summed E-state index contributed by atoms with van der Waals surface area (Å²) in [5.41, 5.74) is 2.45. The Morgan fingerprint density at radius 1 is 1.27 bits per heavy atom. The lowest BCUT2D eigenvalue weighted by atomic mass is 10.1. The maximum atomic E-state index is 13.4. The Balaban J connectivity index is 1.37. The fourth-order valence-corrected chi connectivity index (χ4v) is 3.90. The van der Waals surface area contributed by atoms with Crippen LogP contribution in [-0.4, -0.2) is 42.3 Å². The maximum Gasteiger partial charge on any atom is 0.123 e. The molecule has 1 fully saturated rings. The molecule has 2 unspecified atom stereocenters. The number of hydrogen-bond acceptors (Lipinski definition) is 3. The van der Waals surface area contributed by atoms with Crippen LogP contribution in [0.25, 0.3) is 0 Å². The summed E-state index contributed by atoms with van der Waals surface area (Å²) >= 11 is 0. The molecule has 0 saturated carbocycles. The molecular formula is C18H27FN2O. The van der Waals surface area contributed by atoms with Gasteiger partial charge in [-0.15, -0.1) is 0 Å². The van der Waals surface area contributed by atoms with Gasteiger partial charge in [0.05, 0.1) is 6.61 Å². The first-order valence-corrected chi connectivity index (χ1v) is 8.64. The highest BCUT2D eigenvalue weighted by Crippen LogP contribution is 2.31. The number of halogens is 1. The third kappa shape index (κ3) is 3.67. The van der Waals surface area contributed by atoms with Crippen LogP contribution < -0.4 is 5.32 Å². The van der Waals surface area contributed by atoms with Crippen LogP contribution in [0.4, 0.5) is 4.39 Å². The fraction of sp³-hybridized carbons (Fsp3) is 0.667. The van der Waals surface area contributed by atoms with Gasteiger partial charge in [-0.05, 0) is 81.4 Å². The lowest BCUT2D eigenvalue weighted by Gasteiger charge is -2.22. The van der Waals surface area contributed by atoms with Crippen molar-refractivity contribution in [2.75, 3.05) is 26.2 Å². The van der Waals surface area contributed by atoms with E-state index in [0.717, 1.165) is 57.3 Å². The van der Waals surface area contributed by atoms with E-state index >= 15 is 0 Å². The van der Waals surface area contributed by atoms with Gasteiger partial charge in [0.15, 0.2) is 0 Å². The van der Waals surface area contributed by atoms with Gasteiger partial charge in [0.2, 0.25) is 0 Å². The number of benzene rings is 1. The molecule has 0 radical (unpaired) electrons. The molecule has 1 saturated heterocycles. The van der Waals surface area contributed by atoms with Crippen molar-refractivity contribution in [1.82, 2.24) is 10.2 Å². The first kappa shape index (κ1) is 15.9. The molecule has 0 amide bonds. The van der Waals surface area contributed by atoms with Gasteiger partial charge in [-0.1, -0.05) is 6.07 Å². The van der Waals surface area contributed by atoms with Crippen molar-refractivity contribution in [3.63, 3.8) is 0 Å². The minimum absolute atomic E-state index is 0.128. The molecule has 1 aromatic carbocycles. The fourth-order valence-electron chi connectivity index (χ4n) is 3.90. The Labute approximate surface area is 132 Å². The van der Waals surface area contributed by atoms with Crippen LogP contribution in [0.1, 0.15) is 49.3 Å². The molecule has 122 valence electrons. The molecule has 1 aromatic rings. The minimum Gasteiger partial charge on any atom is -0.395 e. The molecule has 3 nitrogen and oxygen atoms in total. The average molecular weight is 306 g/mol. The van der Waals surface area contributed by atoms with E-state index in [1.54, 1.807) is 12.1 Å². The van der Waals surface area contributed by atoms with Crippen LogP contribution >= 0.6 is 0 Å². The van der Waals surface area contributed by atoms with Gasteiger partial charge >= 0.3 is 0 Å². The predicted molar refractivity (Wildman–Crippen MR) is 86.4 cm³/mol.